The molecule has 0 aliphatic heterocycles. The zero-order chi connectivity index (χ0) is 19.9. The highest BCUT2D eigenvalue weighted by Crippen LogP contribution is 2.18. The van der Waals surface area contributed by atoms with Gasteiger partial charge in [0.15, 0.2) is 0 Å². The summed E-state index contributed by atoms with van der Waals surface area (Å²) in [6, 6.07) is 18.2. The first-order chi connectivity index (χ1) is 13.5. The van der Waals surface area contributed by atoms with Crippen LogP contribution in [0.5, 0.6) is 0 Å². The molecule has 0 bridgehead atoms. The van der Waals surface area contributed by atoms with E-state index in [0.717, 1.165) is 5.56 Å². The molecule has 1 aromatic heterocycles. The lowest BCUT2D eigenvalue weighted by Gasteiger charge is -2.25. The van der Waals surface area contributed by atoms with Gasteiger partial charge in [-0.2, -0.15) is 4.98 Å². The number of carbonyl (C=O) groups is 1. The van der Waals surface area contributed by atoms with E-state index in [1.54, 1.807) is 0 Å². The predicted octanol–water partition coefficient (Wildman–Crippen LogP) is 3.40. The van der Waals surface area contributed by atoms with Crippen LogP contribution in [0.25, 0.3) is 11.4 Å². The molecular formula is C22H26N4O2. The van der Waals surface area contributed by atoms with Gasteiger partial charge >= 0.3 is 0 Å². The Balaban J connectivity index is 1.51. The van der Waals surface area contributed by atoms with E-state index in [4.69, 9.17) is 4.52 Å². The van der Waals surface area contributed by atoms with Crippen molar-refractivity contribution in [3.05, 3.63) is 71.6 Å². The number of rotatable bonds is 8. The molecule has 0 aliphatic rings. The minimum Gasteiger partial charge on any atom is -0.354 e. The van der Waals surface area contributed by atoms with E-state index < -0.39 is 0 Å². The summed E-state index contributed by atoms with van der Waals surface area (Å²) in [6.45, 7) is 2.58. The Morgan fingerprint density at radius 1 is 1.11 bits per heavy atom. The predicted molar refractivity (Wildman–Crippen MR) is 109 cm³/mol. The number of amides is 1. The quantitative estimate of drug-likeness (QED) is 0.650. The van der Waals surface area contributed by atoms with E-state index in [9.17, 15) is 4.79 Å². The molecular weight excluding hydrogens is 352 g/mol. The van der Waals surface area contributed by atoms with Crippen molar-refractivity contribution in [1.29, 1.82) is 0 Å². The van der Waals surface area contributed by atoms with Crippen LogP contribution in [-0.4, -0.2) is 41.6 Å². The molecule has 6 heteroatoms. The largest absolute Gasteiger partial charge is 0.354 e. The maximum absolute atomic E-state index is 12.3. The van der Waals surface area contributed by atoms with Crippen LogP contribution in [0.3, 0.4) is 0 Å². The second-order valence-electron chi connectivity index (χ2n) is 7.07. The summed E-state index contributed by atoms with van der Waals surface area (Å²) < 4.78 is 5.28. The molecule has 28 heavy (non-hydrogen) atoms. The molecule has 1 heterocycles. The van der Waals surface area contributed by atoms with Crippen LogP contribution in [0.1, 0.15) is 29.5 Å². The van der Waals surface area contributed by atoms with Crippen LogP contribution in [-0.2, 0) is 11.2 Å². The zero-order valence-electron chi connectivity index (χ0n) is 16.6. The van der Waals surface area contributed by atoms with Gasteiger partial charge in [0.05, 0.1) is 6.04 Å². The Kier molecular flexibility index (Phi) is 6.55. The maximum atomic E-state index is 12.3. The Hall–Kier alpha value is -2.99. The fourth-order valence-corrected chi connectivity index (χ4v) is 2.97. The topological polar surface area (TPSA) is 71.3 Å². The van der Waals surface area contributed by atoms with Crippen molar-refractivity contribution in [1.82, 2.24) is 20.4 Å². The Morgan fingerprint density at radius 2 is 1.82 bits per heavy atom. The second-order valence-corrected chi connectivity index (χ2v) is 7.07. The first-order valence-electron chi connectivity index (χ1n) is 9.40. The molecule has 0 aliphatic carbocycles. The number of nitrogens with one attached hydrogen (secondary N) is 1. The van der Waals surface area contributed by atoms with Gasteiger partial charge in [0.2, 0.25) is 17.6 Å². The van der Waals surface area contributed by atoms with E-state index in [1.807, 2.05) is 63.5 Å². The molecule has 0 radical (unpaired) electrons. The van der Waals surface area contributed by atoms with Gasteiger partial charge in [-0.1, -0.05) is 65.3 Å². The smallest absolute Gasteiger partial charge is 0.227 e. The molecule has 0 unspecified atom stereocenters. The molecule has 6 nitrogen and oxygen atoms in total. The molecule has 3 aromatic rings. The van der Waals surface area contributed by atoms with Crippen molar-refractivity contribution >= 4 is 5.91 Å². The van der Waals surface area contributed by atoms with Crippen molar-refractivity contribution in [2.75, 3.05) is 20.6 Å². The fourth-order valence-electron chi connectivity index (χ4n) is 2.97. The van der Waals surface area contributed by atoms with Gasteiger partial charge < -0.3 is 14.7 Å². The van der Waals surface area contributed by atoms with Crippen LogP contribution in [0.2, 0.25) is 0 Å². The molecule has 1 amide bonds. The summed E-state index contributed by atoms with van der Waals surface area (Å²) >= 11 is 0. The van der Waals surface area contributed by atoms with Gasteiger partial charge in [-0.15, -0.1) is 0 Å². The van der Waals surface area contributed by atoms with E-state index in [2.05, 4.69) is 32.5 Å². The number of aryl methyl sites for hydroxylation is 2. The monoisotopic (exact) mass is 378 g/mol. The number of hydrogen-bond donors (Lipinski definition) is 1. The molecule has 0 saturated heterocycles. The average Bonchev–Trinajstić information content (AvgIpc) is 3.17. The van der Waals surface area contributed by atoms with Crippen LogP contribution >= 0.6 is 0 Å². The standard InChI is InChI=1S/C22H26N4O2/c1-16-9-11-18(12-10-16)22-24-21(28-25-22)14-13-20(27)23-15-19(26(2)3)17-7-5-4-6-8-17/h4-12,19H,13-15H2,1-3H3,(H,23,27)/t19-/m0/s1. The molecule has 0 fully saturated rings. The van der Waals surface area contributed by atoms with Crippen molar-refractivity contribution in [2.45, 2.75) is 25.8 Å². The van der Waals surface area contributed by atoms with Crippen molar-refractivity contribution in [3.63, 3.8) is 0 Å². The van der Waals surface area contributed by atoms with E-state index in [0.29, 0.717) is 31.1 Å². The summed E-state index contributed by atoms with van der Waals surface area (Å²) in [5.74, 6) is 0.989. The Morgan fingerprint density at radius 3 is 2.50 bits per heavy atom. The summed E-state index contributed by atoms with van der Waals surface area (Å²) in [5, 5.41) is 7.01. The molecule has 3 rings (SSSR count). The van der Waals surface area contributed by atoms with E-state index in [-0.39, 0.29) is 11.9 Å². The lowest BCUT2D eigenvalue weighted by molar-refractivity contribution is -0.121. The van der Waals surface area contributed by atoms with Gasteiger partial charge in [-0.05, 0) is 26.6 Å². The first-order valence-corrected chi connectivity index (χ1v) is 9.40. The highest BCUT2D eigenvalue weighted by molar-refractivity contribution is 5.76. The minimum absolute atomic E-state index is 0.0298. The maximum Gasteiger partial charge on any atom is 0.227 e. The van der Waals surface area contributed by atoms with Crippen LogP contribution in [0.15, 0.2) is 59.1 Å². The number of benzene rings is 2. The fraction of sp³-hybridized carbons (Fsp3) is 0.318. The highest BCUT2D eigenvalue weighted by Gasteiger charge is 2.16. The molecule has 1 atom stereocenters. The number of carbonyl (C=O) groups excluding carboxylic acids is 1. The average molecular weight is 378 g/mol. The van der Waals surface area contributed by atoms with Crippen LogP contribution < -0.4 is 5.32 Å². The van der Waals surface area contributed by atoms with Crippen LogP contribution in [0.4, 0.5) is 0 Å². The van der Waals surface area contributed by atoms with Crippen molar-refractivity contribution < 1.29 is 9.32 Å². The van der Waals surface area contributed by atoms with Gasteiger partial charge in [0, 0.05) is 24.9 Å². The molecule has 0 spiro atoms. The SMILES string of the molecule is Cc1ccc(-c2noc(CCC(=O)NC[C@@H](c3ccccc3)N(C)C)n2)cc1. The molecule has 146 valence electrons. The van der Waals surface area contributed by atoms with E-state index in [1.165, 1.54) is 11.1 Å². The molecule has 1 N–H and O–H groups in total. The van der Waals surface area contributed by atoms with Crippen molar-refractivity contribution in [2.24, 2.45) is 0 Å². The number of hydrogen-bond acceptors (Lipinski definition) is 5. The van der Waals surface area contributed by atoms with Gasteiger partial charge in [-0.25, -0.2) is 0 Å². The normalized spacial score (nSPS) is 12.1. The lowest BCUT2D eigenvalue weighted by Crippen LogP contribution is -2.34. The van der Waals surface area contributed by atoms with Gasteiger partial charge in [-0.3, -0.25) is 4.79 Å². The highest BCUT2D eigenvalue weighted by atomic mass is 16.5. The third-order valence-electron chi connectivity index (χ3n) is 4.64. The van der Waals surface area contributed by atoms with E-state index >= 15 is 0 Å². The lowest BCUT2D eigenvalue weighted by atomic mass is 10.1. The third kappa shape index (κ3) is 5.27. The van der Waals surface area contributed by atoms with Gasteiger partial charge in [0.1, 0.15) is 0 Å². The second kappa shape index (κ2) is 9.28. The molecule has 0 saturated carbocycles. The van der Waals surface area contributed by atoms with Crippen LogP contribution in [0, 0.1) is 6.92 Å². The summed E-state index contributed by atoms with van der Waals surface area (Å²) in [6.07, 6.45) is 0.729. The number of aromatic nitrogens is 2. The Bertz CT molecular complexity index is 888. The minimum atomic E-state index is -0.0298. The first kappa shape index (κ1) is 19.8. The summed E-state index contributed by atoms with van der Waals surface area (Å²) in [5.41, 5.74) is 3.25. The summed E-state index contributed by atoms with van der Waals surface area (Å²) in [4.78, 5) is 18.8. The Labute approximate surface area is 165 Å². The van der Waals surface area contributed by atoms with Crippen molar-refractivity contribution in [3.8, 4) is 11.4 Å². The summed E-state index contributed by atoms with van der Waals surface area (Å²) in [7, 11) is 4.02. The zero-order valence-corrected chi connectivity index (χ0v) is 16.6. The number of nitrogens with zero attached hydrogens (tertiary/aromatic N) is 3. The van der Waals surface area contributed by atoms with Gasteiger partial charge in [0.25, 0.3) is 0 Å². The third-order valence-corrected chi connectivity index (χ3v) is 4.64. The number of likely N-dealkylation sites (N-methyl/N-ethyl adjacent to an activating group) is 1. The molecule has 2 aromatic carbocycles.